The van der Waals surface area contributed by atoms with Crippen molar-refractivity contribution in [2.75, 3.05) is 0 Å². The molecule has 2 aliphatic heterocycles. The average Bonchev–Trinajstić information content (AvgIpc) is 3.35. The summed E-state index contributed by atoms with van der Waals surface area (Å²) in [5.41, 5.74) is 3.47. The highest BCUT2D eigenvalue weighted by Gasteiger charge is 2.36. The van der Waals surface area contributed by atoms with Crippen LogP contribution in [0.5, 0.6) is 5.75 Å². The van der Waals surface area contributed by atoms with Gasteiger partial charge in [-0.2, -0.15) is 18.3 Å². The Morgan fingerprint density at radius 3 is 2.71 bits per heavy atom. The minimum atomic E-state index is -4.55. The number of pyridine rings is 1. The summed E-state index contributed by atoms with van der Waals surface area (Å²) in [4.78, 5) is 12.8. The molecule has 10 heteroatoms. The van der Waals surface area contributed by atoms with Crippen LogP contribution in [0, 0.1) is 0 Å². The third-order valence-corrected chi connectivity index (χ3v) is 6.94. The SMILES string of the molecule is Cn1c2c(c3ccc(-n4ccc(OCc5ccc(C(F)(F)F)nn5)cc4=O)cc31)C1CCC(C2)N1. The number of halogens is 3. The molecule has 0 spiro atoms. The van der Waals surface area contributed by atoms with Crippen LogP contribution in [0.25, 0.3) is 16.6 Å². The second-order valence-electron chi connectivity index (χ2n) is 9.09. The third-order valence-electron chi connectivity index (χ3n) is 6.94. The molecule has 7 nitrogen and oxygen atoms in total. The second kappa shape index (κ2) is 7.94. The van der Waals surface area contributed by atoms with Gasteiger partial charge in [-0.1, -0.05) is 6.07 Å². The Kier molecular flexibility index (Phi) is 4.96. The maximum Gasteiger partial charge on any atom is 0.435 e. The molecule has 1 fully saturated rings. The number of alkyl halides is 3. The monoisotopic (exact) mass is 481 g/mol. The van der Waals surface area contributed by atoms with Crippen molar-refractivity contribution in [3.8, 4) is 11.4 Å². The number of hydrogen-bond donors (Lipinski definition) is 1. The first-order chi connectivity index (χ1) is 16.8. The van der Waals surface area contributed by atoms with Gasteiger partial charge in [-0.25, -0.2) is 0 Å². The minimum Gasteiger partial charge on any atom is -0.487 e. The van der Waals surface area contributed by atoms with Gasteiger partial charge >= 0.3 is 6.18 Å². The lowest BCUT2D eigenvalue weighted by atomic mass is 9.99. The molecule has 2 bridgehead atoms. The summed E-state index contributed by atoms with van der Waals surface area (Å²) >= 11 is 0. The van der Waals surface area contributed by atoms with Gasteiger partial charge in [0.25, 0.3) is 5.56 Å². The molecule has 2 aliphatic rings. The van der Waals surface area contributed by atoms with Gasteiger partial charge in [0, 0.05) is 48.9 Å². The average molecular weight is 481 g/mol. The third kappa shape index (κ3) is 3.78. The van der Waals surface area contributed by atoms with Crippen LogP contribution in [0.2, 0.25) is 0 Å². The van der Waals surface area contributed by atoms with Crippen molar-refractivity contribution in [2.45, 2.75) is 44.1 Å². The van der Waals surface area contributed by atoms with Crippen LogP contribution in [0.1, 0.15) is 41.5 Å². The fourth-order valence-electron chi connectivity index (χ4n) is 5.24. The van der Waals surface area contributed by atoms with Crippen LogP contribution >= 0.6 is 0 Å². The van der Waals surface area contributed by atoms with E-state index in [0.717, 1.165) is 30.1 Å². The van der Waals surface area contributed by atoms with Crippen LogP contribution in [0.4, 0.5) is 13.2 Å². The van der Waals surface area contributed by atoms with Gasteiger partial charge in [-0.05, 0) is 48.7 Å². The van der Waals surface area contributed by atoms with Gasteiger partial charge < -0.3 is 14.6 Å². The highest BCUT2D eigenvalue weighted by atomic mass is 19.4. The van der Waals surface area contributed by atoms with Gasteiger partial charge in [-0.3, -0.25) is 9.36 Å². The van der Waals surface area contributed by atoms with E-state index in [1.165, 1.54) is 35.2 Å². The summed E-state index contributed by atoms with van der Waals surface area (Å²) in [6.45, 7) is -0.106. The highest BCUT2D eigenvalue weighted by Crippen LogP contribution is 2.41. The minimum absolute atomic E-state index is 0.106. The van der Waals surface area contributed by atoms with Crippen LogP contribution < -0.4 is 15.6 Å². The Bertz CT molecular complexity index is 1490. The Morgan fingerprint density at radius 1 is 1.11 bits per heavy atom. The number of ether oxygens (including phenoxy) is 1. The molecule has 0 saturated carbocycles. The summed E-state index contributed by atoms with van der Waals surface area (Å²) in [5.74, 6) is 0.297. The zero-order valence-electron chi connectivity index (χ0n) is 18.8. The van der Waals surface area contributed by atoms with Gasteiger partial charge in [0.2, 0.25) is 0 Å². The number of nitrogens with zero attached hydrogens (tertiary/aromatic N) is 4. The lowest BCUT2D eigenvalue weighted by Gasteiger charge is -2.23. The number of nitrogens with one attached hydrogen (secondary N) is 1. The maximum absolute atomic E-state index is 12.8. The van der Waals surface area contributed by atoms with E-state index in [2.05, 4.69) is 33.2 Å². The normalized spacial score (nSPS) is 19.2. The van der Waals surface area contributed by atoms with Crippen molar-refractivity contribution >= 4 is 10.9 Å². The molecule has 0 amide bonds. The van der Waals surface area contributed by atoms with E-state index in [-0.39, 0.29) is 17.9 Å². The van der Waals surface area contributed by atoms with Crippen molar-refractivity contribution in [1.82, 2.24) is 24.6 Å². The van der Waals surface area contributed by atoms with Gasteiger partial charge in [0.05, 0.1) is 11.2 Å². The molecule has 3 aromatic heterocycles. The van der Waals surface area contributed by atoms with Crippen LogP contribution in [-0.2, 0) is 26.3 Å². The molecule has 1 saturated heterocycles. The Morgan fingerprint density at radius 2 is 1.97 bits per heavy atom. The summed E-state index contributed by atoms with van der Waals surface area (Å²) in [5, 5.41) is 11.6. The van der Waals surface area contributed by atoms with E-state index in [1.807, 2.05) is 12.1 Å². The zero-order valence-corrected chi connectivity index (χ0v) is 18.8. The van der Waals surface area contributed by atoms with E-state index in [4.69, 9.17) is 4.74 Å². The number of aryl methyl sites for hydroxylation is 1. The van der Waals surface area contributed by atoms with Gasteiger partial charge in [-0.15, -0.1) is 5.10 Å². The number of aromatic nitrogens is 4. The Balaban J connectivity index is 1.24. The molecule has 2 unspecified atom stereocenters. The first kappa shape index (κ1) is 21.8. The maximum atomic E-state index is 12.8. The number of benzene rings is 1. The van der Waals surface area contributed by atoms with E-state index in [1.54, 1.807) is 16.8 Å². The first-order valence-corrected chi connectivity index (χ1v) is 11.4. The van der Waals surface area contributed by atoms with Crippen LogP contribution in [0.3, 0.4) is 0 Å². The number of rotatable bonds is 4. The van der Waals surface area contributed by atoms with Gasteiger partial charge in [0.15, 0.2) is 5.69 Å². The fourth-order valence-corrected chi connectivity index (χ4v) is 5.24. The summed E-state index contributed by atoms with van der Waals surface area (Å²) in [6.07, 6.45) is 0.451. The largest absolute Gasteiger partial charge is 0.487 e. The molecule has 5 heterocycles. The topological polar surface area (TPSA) is 74.0 Å². The van der Waals surface area contributed by atoms with Crippen molar-refractivity contribution in [3.63, 3.8) is 0 Å². The molecule has 1 N–H and O–H groups in total. The van der Waals surface area contributed by atoms with E-state index >= 15 is 0 Å². The van der Waals surface area contributed by atoms with Crippen molar-refractivity contribution in [1.29, 1.82) is 0 Å². The summed E-state index contributed by atoms with van der Waals surface area (Å²) in [7, 11) is 2.08. The lowest BCUT2D eigenvalue weighted by Crippen LogP contribution is -2.32. The standard InChI is InChI=1S/C25H22F3N5O2/c1-32-20-11-16(4-5-18(20)24-19-6-2-14(29-19)10-21(24)32)33-9-8-17(12-23(33)34)35-13-15-3-7-22(31-30-15)25(26,27)28/h3-5,7-9,11-12,14,19,29H,2,6,10,13H2,1H3. The molecule has 0 radical (unpaired) electrons. The predicted octanol–water partition coefficient (Wildman–Crippen LogP) is 4.07. The highest BCUT2D eigenvalue weighted by molar-refractivity contribution is 5.88. The van der Waals surface area contributed by atoms with Crippen molar-refractivity contribution in [2.24, 2.45) is 7.05 Å². The second-order valence-corrected chi connectivity index (χ2v) is 9.09. The molecule has 35 heavy (non-hydrogen) atoms. The van der Waals surface area contributed by atoms with E-state index in [0.29, 0.717) is 17.8 Å². The van der Waals surface area contributed by atoms with Crippen molar-refractivity contribution in [3.05, 3.63) is 81.7 Å². The smallest absolute Gasteiger partial charge is 0.435 e. The molecular formula is C25H22F3N5O2. The first-order valence-electron chi connectivity index (χ1n) is 11.4. The zero-order chi connectivity index (χ0) is 24.3. The number of fused-ring (bicyclic) bond motifs is 6. The predicted molar refractivity (Wildman–Crippen MR) is 122 cm³/mol. The van der Waals surface area contributed by atoms with E-state index in [9.17, 15) is 18.0 Å². The molecule has 4 aromatic rings. The van der Waals surface area contributed by atoms with E-state index < -0.39 is 11.9 Å². The van der Waals surface area contributed by atoms with Gasteiger partial charge in [0.1, 0.15) is 18.1 Å². The molecular weight excluding hydrogens is 459 g/mol. The molecule has 1 aromatic carbocycles. The summed E-state index contributed by atoms with van der Waals surface area (Å²) < 4.78 is 47.2. The molecule has 6 rings (SSSR count). The van der Waals surface area contributed by atoms with Crippen molar-refractivity contribution < 1.29 is 17.9 Å². The quantitative estimate of drug-likeness (QED) is 0.476. The van der Waals surface area contributed by atoms with Crippen LogP contribution in [0.15, 0.2) is 53.5 Å². The molecule has 2 atom stereocenters. The lowest BCUT2D eigenvalue weighted by molar-refractivity contribution is -0.141. The molecule has 0 aliphatic carbocycles. The molecule has 180 valence electrons. The number of hydrogen-bond acceptors (Lipinski definition) is 5. The summed E-state index contributed by atoms with van der Waals surface area (Å²) in [6, 6.07) is 12.0. The van der Waals surface area contributed by atoms with Crippen LogP contribution in [-0.4, -0.2) is 25.4 Å². The Hall–Kier alpha value is -3.66. The Labute approximate surface area is 198 Å². The fraction of sp³-hybridized carbons (Fsp3) is 0.320.